The smallest absolute Gasteiger partial charge is 0.409 e. The molecule has 2 aromatic carbocycles. The van der Waals surface area contributed by atoms with E-state index in [9.17, 15) is 14.4 Å². The van der Waals surface area contributed by atoms with Crippen LogP contribution >= 0.6 is 23.2 Å². The number of nitrogens with one attached hydrogen (secondary N) is 1. The second kappa shape index (κ2) is 13.1. The van der Waals surface area contributed by atoms with Gasteiger partial charge in [-0.1, -0.05) is 35.3 Å². The standard InChI is InChI=1S/C28H31Cl2N5O5/c1-4-39-28(38)34-12-10-33(11-13-34)27(37)19(3)35-16-24(18(2)32-35)31-26(36)21-7-5-6-20(14-21)17-40-25-9-8-22(29)15-23(25)30/h5-9,14-16,19H,4,10-13,17H2,1-3H3,(H,31,36). The number of halogens is 2. The molecule has 4 rings (SSSR count). The van der Waals surface area contributed by atoms with Gasteiger partial charge in [0.2, 0.25) is 5.91 Å². The lowest BCUT2D eigenvalue weighted by molar-refractivity contribution is -0.136. The predicted molar refractivity (Wildman–Crippen MR) is 152 cm³/mol. The molecule has 1 fully saturated rings. The molecule has 10 nitrogen and oxygen atoms in total. The van der Waals surface area contributed by atoms with Crippen LogP contribution in [-0.2, 0) is 16.1 Å². The fourth-order valence-electron chi connectivity index (χ4n) is 4.25. The largest absolute Gasteiger partial charge is 0.487 e. The summed E-state index contributed by atoms with van der Waals surface area (Å²) in [6.45, 7) is 7.46. The van der Waals surface area contributed by atoms with Crippen molar-refractivity contribution < 1.29 is 23.9 Å². The van der Waals surface area contributed by atoms with Gasteiger partial charge in [-0.2, -0.15) is 5.10 Å². The molecule has 0 spiro atoms. The molecule has 1 unspecified atom stereocenters. The molecule has 0 radical (unpaired) electrons. The van der Waals surface area contributed by atoms with E-state index < -0.39 is 6.04 Å². The lowest BCUT2D eigenvalue weighted by Crippen LogP contribution is -2.52. The van der Waals surface area contributed by atoms with Gasteiger partial charge in [-0.05, 0) is 56.7 Å². The van der Waals surface area contributed by atoms with Gasteiger partial charge in [-0.3, -0.25) is 14.3 Å². The van der Waals surface area contributed by atoms with E-state index >= 15 is 0 Å². The Labute approximate surface area is 242 Å². The zero-order valence-corrected chi connectivity index (χ0v) is 24.0. The highest BCUT2D eigenvalue weighted by molar-refractivity contribution is 6.35. The summed E-state index contributed by atoms with van der Waals surface area (Å²) < 4.78 is 12.4. The third-order valence-corrected chi connectivity index (χ3v) is 7.04. The molecule has 0 saturated carbocycles. The van der Waals surface area contributed by atoms with Crippen molar-refractivity contribution in [3.63, 3.8) is 0 Å². The Morgan fingerprint density at radius 3 is 2.48 bits per heavy atom. The summed E-state index contributed by atoms with van der Waals surface area (Å²) in [6, 6.07) is 11.5. The number of aryl methyl sites for hydroxylation is 1. The van der Waals surface area contributed by atoms with Crippen LogP contribution in [0.2, 0.25) is 10.0 Å². The fourth-order valence-corrected chi connectivity index (χ4v) is 4.72. The first-order valence-corrected chi connectivity index (χ1v) is 13.7. The lowest BCUT2D eigenvalue weighted by Gasteiger charge is -2.35. The quantitative estimate of drug-likeness (QED) is 0.388. The monoisotopic (exact) mass is 587 g/mol. The number of hydrogen-bond acceptors (Lipinski definition) is 6. The molecule has 1 aromatic heterocycles. The average Bonchev–Trinajstić information content (AvgIpc) is 3.31. The fraction of sp³-hybridized carbons (Fsp3) is 0.357. The van der Waals surface area contributed by atoms with E-state index in [4.69, 9.17) is 32.7 Å². The number of benzene rings is 2. The van der Waals surface area contributed by atoms with Gasteiger partial charge in [0.15, 0.2) is 0 Å². The Bertz CT molecular complexity index is 1390. The minimum absolute atomic E-state index is 0.114. The molecular weight excluding hydrogens is 557 g/mol. The Kier molecular flexibility index (Phi) is 9.54. The molecule has 1 N–H and O–H groups in total. The number of carbonyl (C=O) groups excluding carboxylic acids is 3. The maximum absolute atomic E-state index is 13.1. The number of hydrogen-bond donors (Lipinski definition) is 1. The van der Waals surface area contributed by atoms with Gasteiger partial charge >= 0.3 is 6.09 Å². The van der Waals surface area contributed by atoms with Gasteiger partial charge in [0, 0.05) is 43.0 Å². The number of ether oxygens (including phenoxy) is 2. The van der Waals surface area contributed by atoms with E-state index in [1.165, 1.54) is 0 Å². The number of carbonyl (C=O) groups is 3. The van der Waals surface area contributed by atoms with E-state index in [1.807, 2.05) is 6.07 Å². The normalized spacial score (nSPS) is 14.0. The summed E-state index contributed by atoms with van der Waals surface area (Å²) in [5, 5.41) is 8.27. The first kappa shape index (κ1) is 29.2. The SMILES string of the molecule is CCOC(=O)N1CCN(C(=O)C(C)n2cc(NC(=O)c3cccc(COc4ccc(Cl)cc4Cl)c3)c(C)n2)CC1. The zero-order chi connectivity index (χ0) is 28.8. The third kappa shape index (κ3) is 7.05. The number of rotatable bonds is 8. The Hall–Kier alpha value is -3.76. The van der Waals surface area contributed by atoms with Crippen LogP contribution in [0.1, 0.15) is 41.5 Å². The topological polar surface area (TPSA) is 106 Å². The van der Waals surface area contributed by atoms with E-state index in [0.717, 1.165) is 5.56 Å². The maximum Gasteiger partial charge on any atom is 0.409 e. The maximum atomic E-state index is 13.1. The lowest BCUT2D eigenvalue weighted by atomic mass is 10.1. The zero-order valence-electron chi connectivity index (χ0n) is 22.5. The first-order valence-electron chi connectivity index (χ1n) is 12.9. The van der Waals surface area contributed by atoms with Gasteiger partial charge in [0.05, 0.1) is 23.0 Å². The molecule has 2 heterocycles. The number of amides is 3. The predicted octanol–water partition coefficient (Wildman–Crippen LogP) is 5.19. The van der Waals surface area contributed by atoms with Crippen molar-refractivity contribution in [2.75, 3.05) is 38.1 Å². The summed E-state index contributed by atoms with van der Waals surface area (Å²) in [7, 11) is 0. The summed E-state index contributed by atoms with van der Waals surface area (Å²) in [6.07, 6.45) is 1.29. The van der Waals surface area contributed by atoms with Crippen LogP contribution in [0.5, 0.6) is 5.75 Å². The van der Waals surface area contributed by atoms with Crippen LogP contribution in [-0.4, -0.2) is 70.3 Å². The van der Waals surface area contributed by atoms with E-state index in [1.54, 1.807) is 77.8 Å². The van der Waals surface area contributed by atoms with Gasteiger partial charge in [0.1, 0.15) is 18.4 Å². The molecule has 1 aliphatic rings. The molecule has 212 valence electrons. The van der Waals surface area contributed by atoms with Crippen LogP contribution in [0.3, 0.4) is 0 Å². The highest BCUT2D eigenvalue weighted by atomic mass is 35.5. The minimum atomic E-state index is -0.585. The number of nitrogens with zero attached hydrogens (tertiary/aromatic N) is 4. The van der Waals surface area contributed by atoms with E-state index in [-0.39, 0.29) is 24.5 Å². The molecule has 3 amide bonds. The molecule has 0 aliphatic carbocycles. The summed E-state index contributed by atoms with van der Waals surface area (Å²) >= 11 is 12.1. The van der Waals surface area contributed by atoms with Crippen LogP contribution in [0, 0.1) is 6.92 Å². The number of aromatic nitrogens is 2. The van der Waals surface area contributed by atoms with Gasteiger partial charge in [0.25, 0.3) is 5.91 Å². The van der Waals surface area contributed by atoms with Gasteiger partial charge in [-0.25, -0.2) is 4.79 Å². The Morgan fingerprint density at radius 2 is 1.77 bits per heavy atom. The van der Waals surface area contributed by atoms with Gasteiger partial charge in [-0.15, -0.1) is 0 Å². The van der Waals surface area contributed by atoms with Crippen molar-refractivity contribution >= 4 is 46.8 Å². The Balaban J connectivity index is 1.35. The van der Waals surface area contributed by atoms with Crippen molar-refractivity contribution in [2.45, 2.75) is 33.4 Å². The summed E-state index contributed by atoms with van der Waals surface area (Å²) in [5.74, 6) is 0.0639. The van der Waals surface area contributed by atoms with Crippen molar-refractivity contribution in [1.82, 2.24) is 19.6 Å². The second-order valence-electron chi connectivity index (χ2n) is 9.31. The highest BCUT2D eigenvalue weighted by Crippen LogP contribution is 2.28. The van der Waals surface area contributed by atoms with Crippen molar-refractivity contribution in [2.24, 2.45) is 0 Å². The van der Waals surface area contributed by atoms with Crippen LogP contribution in [0.4, 0.5) is 10.5 Å². The average molecular weight is 588 g/mol. The third-order valence-electron chi connectivity index (χ3n) is 6.51. The summed E-state index contributed by atoms with van der Waals surface area (Å²) in [4.78, 5) is 41.4. The molecule has 3 aromatic rings. The first-order chi connectivity index (χ1) is 19.2. The van der Waals surface area contributed by atoms with Crippen molar-refractivity contribution in [3.8, 4) is 5.75 Å². The van der Waals surface area contributed by atoms with Crippen LogP contribution in [0.25, 0.3) is 0 Å². The molecule has 1 atom stereocenters. The van der Waals surface area contributed by atoms with Gasteiger partial charge < -0.3 is 24.6 Å². The summed E-state index contributed by atoms with van der Waals surface area (Å²) in [5.41, 5.74) is 2.32. The highest BCUT2D eigenvalue weighted by Gasteiger charge is 2.29. The van der Waals surface area contributed by atoms with Crippen molar-refractivity contribution in [3.05, 3.63) is 75.5 Å². The minimum Gasteiger partial charge on any atom is -0.487 e. The number of piperazine rings is 1. The molecular formula is C28H31Cl2N5O5. The second-order valence-corrected chi connectivity index (χ2v) is 10.2. The van der Waals surface area contributed by atoms with E-state index in [0.29, 0.717) is 65.5 Å². The van der Waals surface area contributed by atoms with Crippen LogP contribution < -0.4 is 10.1 Å². The molecule has 12 heteroatoms. The number of anilines is 1. The molecule has 1 saturated heterocycles. The molecule has 40 heavy (non-hydrogen) atoms. The van der Waals surface area contributed by atoms with Crippen molar-refractivity contribution in [1.29, 1.82) is 0 Å². The Morgan fingerprint density at radius 1 is 1.05 bits per heavy atom. The molecule has 1 aliphatic heterocycles. The molecule has 0 bridgehead atoms. The van der Waals surface area contributed by atoms with Crippen LogP contribution in [0.15, 0.2) is 48.7 Å². The van der Waals surface area contributed by atoms with E-state index in [2.05, 4.69) is 10.4 Å².